The van der Waals surface area contributed by atoms with Gasteiger partial charge < -0.3 is 10.0 Å². The fraction of sp³-hybridized carbons (Fsp3) is 0.400. The molecule has 0 aromatic carbocycles. The first-order valence-electron chi connectivity index (χ1n) is 7.55. The molecule has 9 heteroatoms. The minimum absolute atomic E-state index is 0.0459. The van der Waals surface area contributed by atoms with Crippen LogP contribution in [0.1, 0.15) is 23.7 Å². The highest BCUT2D eigenvalue weighted by molar-refractivity contribution is 7.91. The van der Waals surface area contributed by atoms with Gasteiger partial charge in [0.1, 0.15) is 5.56 Å². The third-order valence-electron chi connectivity index (χ3n) is 4.19. The maximum atomic E-state index is 12.7. The van der Waals surface area contributed by atoms with Crippen molar-refractivity contribution in [3.63, 3.8) is 0 Å². The number of aromatic hydroxyl groups is 1. The van der Waals surface area contributed by atoms with Crippen molar-refractivity contribution in [2.45, 2.75) is 19.4 Å². The monoisotopic (exact) mass is 351 g/mol. The average Bonchev–Trinajstić information content (AvgIpc) is 2.89. The molecule has 3 rings (SSSR count). The van der Waals surface area contributed by atoms with Gasteiger partial charge in [-0.2, -0.15) is 0 Å². The lowest BCUT2D eigenvalue weighted by Gasteiger charge is -2.26. The van der Waals surface area contributed by atoms with E-state index in [0.717, 1.165) is 10.6 Å². The molecule has 2 aromatic heterocycles. The number of carbonyl (C=O) groups is 1. The van der Waals surface area contributed by atoms with Gasteiger partial charge in [-0.15, -0.1) is 0 Å². The highest BCUT2D eigenvalue weighted by Crippen LogP contribution is 2.19. The number of carbonyl (C=O) groups excluding carboxylic acids is 1. The van der Waals surface area contributed by atoms with Gasteiger partial charge in [0.25, 0.3) is 11.5 Å². The van der Waals surface area contributed by atoms with Crippen molar-refractivity contribution in [1.29, 1.82) is 0 Å². The molecule has 3 heterocycles. The summed E-state index contributed by atoms with van der Waals surface area (Å²) in [5.41, 5.74) is -0.685. The van der Waals surface area contributed by atoms with Gasteiger partial charge in [-0.25, -0.2) is 13.4 Å². The van der Waals surface area contributed by atoms with Gasteiger partial charge in [0.05, 0.1) is 11.5 Å². The third-order valence-corrected chi connectivity index (χ3v) is 5.94. The van der Waals surface area contributed by atoms with Crippen molar-refractivity contribution in [2.75, 3.05) is 18.1 Å². The van der Waals surface area contributed by atoms with Crippen molar-refractivity contribution < 1.29 is 18.3 Å². The number of pyridine rings is 1. The molecule has 2 aromatic rings. The Morgan fingerprint density at radius 2 is 2.25 bits per heavy atom. The molecule has 0 unspecified atom stereocenters. The van der Waals surface area contributed by atoms with E-state index in [9.17, 15) is 23.1 Å². The number of nitrogens with zero attached hydrogens (tertiary/aromatic N) is 3. The van der Waals surface area contributed by atoms with Crippen molar-refractivity contribution in [3.05, 3.63) is 40.4 Å². The second kappa shape index (κ2) is 5.90. The van der Waals surface area contributed by atoms with Crippen LogP contribution in [0, 0.1) is 0 Å². The molecule has 8 nitrogen and oxygen atoms in total. The smallest absolute Gasteiger partial charge is 0.270 e. The molecule has 0 bridgehead atoms. The summed E-state index contributed by atoms with van der Waals surface area (Å²) in [6.07, 6.45) is 2.91. The van der Waals surface area contributed by atoms with Crippen molar-refractivity contribution in [2.24, 2.45) is 0 Å². The first kappa shape index (κ1) is 16.4. The molecule has 1 fully saturated rings. The Balaban J connectivity index is 2.02. The topological polar surface area (TPSA) is 109 Å². The van der Waals surface area contributed by atoms with Crippen LogP contribution < -0.4 is 5.56 Å². The first-order valence-corrected chi connectivity index (χ1v) is 9.37. The van der Waals surface area contributed by atoms with E-state index in [4.69, 9.17) is 0 Å². The molecule has 1 N–H and O–H groups in total. The van der Waals surface area contributed by atoms with Crippen LogP contribution in [-0.2, 0) is 9.84 Å². The fourth-order valence-corrected chi connectivity index (χ4v) is 4.71. The van der Waals surface area contributed by atoms with E-state index < -0.39 is 27.3 Å². The number of hydrogen-bond acceptors (Lipinski definition) is 6. The predicted octanol–water partition coefficient (Wildman–Crippen LogP) is 0.0493. The zero-order valence-corrected chi connectivity index (χ0v) is 13.9. The van der Waals surface area contributed by atoms with Crippen LogP contribution in [-0.4, -0.2) is 57.8 Å². The Bertz CT molecular complexity index is 967. The zero-order chi connectivity index (χ0) is 17.5. The van der Waals surface area contributed by atoms with Crippen LogP contribution in [0.5, 0.6) is 5.75 Å². The van der Waals surface area contributed by atoms with Crippen LogP contribution in [0.2, 0.25) is 0 Å². The molecule has 0 radical (unpaired) electrons. The minimum atomic E-state index is -3.14. The van der Waals surface area contributed by atoms with Crippen LogP contribution >= 0.6 is 0 Å². The Hall–Kier alpha value is -2.42. The van der Waals surface area contributed by atoms with Gasteiger partial charge in [0.2, 0.25) is 0 Å². The van der Waals surface area contributed by atoms with Crippen LogP contribution in [0.25, 0.3) is 5.65 Å². The largest absolute Gasteiger partial charge is 0.504 e. The zero-order valence-electron chi connectivity index (χ0n) is 13.0. The molecule has 1 atom stereocenters. The van der Waals surface area contributed by atoms with Crippen LogP contribution in [0.15, 0.2) is 29.3 Å². The number of sulfone groups is 1. The second-order valence-electron chi connectivity index (χ2n) is 5.71. The second-order valence-corrected chi connectivity index (χ2v) is 7.94. The summed E-state index contributed by atoms with van der Waals surface area (Å²) in [5, 5.41) is 9.73. The van der Waals surface area contributed by atoms with E-state index in [1.54, 1.807) is 6.92 Å². The highest BCUT2D eigenvalue weighted by atomic mass is 32.2. The van der Waals surface area contributed by atoms with Gasteiger partial charge in [0.15, 0.2) is 21.2 Å². The molecular weight excluding hydrogens is 334 g/mol. The van der Waals surface area contributed by atoms with E-state index in [0.29, 0.717) is 13.0 Å². The van der Waals surface area contributed by atoms with E-state index in [-0.39, 0.29) is 28.5 Å². The summed E-state index contributed by atoms with van der Waals surface area (Å²) in [5.74, 6) is -0.752. The first-order chi connectivity index (χ1) is 11.3. The molecule has 1 saturated heterocycles. The fourth-order valence-electron chi connectivity index (χ4n) is 2.98. The van der Waals surface area contributed by atoms with Crippen LogP contribution in [0.4, 0.5) is 0 Å². The maximum Gasteiger partial charge on any atom is 0.270 e. The molecular formula is C15H17N3O5S. The minimum Gasteiger partial charge on any atom is -0.504 e. The van der Waals surface area contributed by atoms with E-state index in [1.807, 2.05) is 0 Å². The molecule has 1 aliphatic rings. The Morgan fingerprint density at radius 1 is 1.50 bits per heavy atom. The lowest BCUT2D eigenvalue weighted by Crippen LogP contribution is -2.43. The molecule has 0 aliphatic carbocycles. The standard InChI is InChI=1S/C15H17N3O5S/c1-2-17(10-5-7-24(22,23)9-10)14(20)11-8-16-13-12(19)4-3-6-18(13)15(11)21/h3-4,6,8,10,19H,2,5,7,9H2,1H3/t10-/m0/s1. The molecule has 0 spiro atoms. The number of fused-ring (bicyclic) bond motifs is 1. The average molecular weight is 351 g/mol. The van der Waals surface area contributed by atoms with Gasteiger partial charge in [-0.1, -0.05) is 0 Å². The molecule has 0 saturated carbocycles. The Labute approximate surface area is 138 Å². The lowest BCUT2D eigenvalue weighted by atomic mass is 10.2. The van der Waals surface area contributed by atoms with Gasteiger partial charge in [-0.05, 0) is 25.5 Å². The van der Waals surface area contributed by atoms with Crippen LogP contribution in [0.3, 0.4) is 0 Å². The summed E-state index contributed by atoms with van der Waals surface area (Å²) in [7, 11) is -3.14. The third kappa shape index (κ3) is 2.75. The van der Waals surface area contributed by atoms with Crippen molar-refractivity contribution >= 4 is 21.4 Å². The molecule has 1 amide bonds. The summed E-state index contributed by atoms with van der Waals surface area (Å²) in [6, 6.07) is 2.43. The van der Waals surface area contributed by atoms with Gasteiger partial charge in [-0.3, -0.25) is 14.0 Å². The summed E-state index contributed by atoms with van der Waals surface area (Å²) in [6.45, 7) is 2.03. The highest BCUT2D eigenvalue weighted by Gasteiger charge is 2.35. The quantitative estimate of drug-likeness (QED) is 0.837. The molecule has 1 aliphatic heterocycles. The number of amides is 1. The normalized spacial score (nSPS) is 19.5. The Morgan fingerprint density at radius 3 is 2.88 bits per heavy atom. The van der Waals surface area contributed by atoms with E-state index in [2.05, 4.69) is 4.98 Å². The molecule has 128 valence electrons. The SMILES string of the molecule is CCN(C(=O)c1cnc2c(O)cccn2c1=O)[C@H]1CCS(=O)(=O)C1. The summed E-state index contributed by atoms with van der Waals surface area (Å²) in [4.78, 5) is 30.7. The molecule has 24 heavy (non-hydrogen) atoms. The van der Waals surface area contributed by atoms with E-state index >= 15 is 0 Å². The van der Waals surface area contributed by atoms with E-state index in [1.165, 1.54) is 23.2 Å². The van der Waals surface area contributed by atoms with Crippen molar-refractivity contribution in [3.8, 4) is 5.75 Å². The summed E-state index contributed by atoms with van der Waals surface area (Å²) < 4.78 is 24.4. The predicted molar refractivity (Wildman–Crippen MR) is 86.9 cm³/mol. The van der Waals surface area contributed by atoms with Crippen molar-refractivity contribution in [1.82, 2.24) is 14.3 Å². The number of hydrogen-bond donors (Lipinski definition) is 1. The summed E-state index contributed by atoms with van der Waals surface area (Å²) >= 11 is 0. The lowest BCUT2D eigenvalue weighted by molar-refractivity contribution is 0.0706. The number of aromatic nitrogens is 2. The number of rotatable bonds is 3. The maximum absolute atomic E-state index is 12.7. The Kier molecular flexibility index (Phi) is 4.04. The van der Waals surface area contributed by atoms with Gasteiger partial charge in [0, 0.05) is 25.0 Å². The van der Waals surface area contributed by atoms with Gasteiger partial charge >= 0.3 is 0 Å².